The molecule has 0 aliphatic carbocycles. The fourth-order valence-corrected chi connectivity index (χ4v) is 2.42. The minimum atomic E-state index is -3.87. The molecule has 0 aliphatic heterocycles. The van der Waals surface area contributed by atoms with Crippen molar-refractivity contribution in [3.63, 3.8) is 0 Å². The van der Waals surface area contributed by atoms with Crippen molar-refractivity contribution in [3.05, 3.63) is 17.3 Å². The second-order valence-electron chi connectivity index (χ2n) is 1.49. The third-order valence-corrected chi connectivity index (χ3v) is 3.81. The first-order valence-corrected chi connectivity index (χ1v) is 5.38. The van der Waals surface area contributed by atoms with Gasteiger partial charge in [-0.15, -0.1) is 11.3 Å². The number of hydrogen-bond acceptors (Lipinski definition) is 3. The van der Waals surface area contributed by atoms with E-state index in [2.05, 4.69) is 0 Å². The number of thiophene rings is 1. The van der Waals surface area contributed by atoms with E-state index >= 15 is 0 Å². The maximum Gasteiger partial charge on any atom is 0.273 e. The van der Waals surface area contributed by atoms with Gasteiger partial charge in [-0.25, -0.2) is 12.8 Å². The molecular formula is C4H2ClFO2S2. The van der Waals surface area contributed by atoms with E-state index in [0.29, 0.717) is 0 Å². The molecule has 0 aromatic carbocycles. The molecule has 10 heavy (non-hydrogen) atoms. The Morgan fingerprint density at radius 1 is 1.60 bits per heavy atom. The Morgan fingerprint density at radius 2 is 2.20 bits per heavy atom. The van der Waals surface area contributed by atoms with E-state index in [9.17, 15) is 12.8 Å². The van der Waals surface area contributed by atoms with Gasteiger partial charge in [0.2, 0.25) is 0 Å². The van der Waals surface area contributed by atoms with Crippen LogP contribution in [0.2, 0.25) is 0 Å². The second kappa shape index (κ2) is 2.48. The lowest BCUT2D eigenvalue weighted by molar-refractivity contribution is 0.585. The van der Waals surface area contributed by atoms with Gasteiger partial charge in [0.05, 0.1) is 0 Å². The fraction of sp³-hybridized carbons (Fsp3) is 0. The first kappa shape index (κ1) is 7.97. The third-order valence-electron chi connectivity index (χ3n) is 0.806. The first-order valence-electron chi connectivity index (χ1n) is 2.19. The highest BCUT2D eigenvalue weighted by atomic mass is 35.7. The van der Waals surface area contributed by atoms with Crippen LogP contribution in [0.15, 0.2) is 15.7 Å². The lowest BCUT2D eigenvalue weighted by Crippen LogP contribution is -1.87. The Labute approximate surface area is 65.7 Å². The molecule has 1 aromatic heterocycles. The molecule has 0 aliphatic rings. The summed E-state index contributed by atoms with van der Waals surface area (Å²) >= 11 is 0.762. The van der Waals surface area contributed by atoms with Gasteiger partial charge in [-0.05, 0) is 11.4 Å². The van der Waals surface area contributed by atoms with Gasteiger partial charge >= 0.3 is 0 Å². The number of halogens is 2. The summed E-state index contributed by atoms with van der Waals surface area (Å²) in [7, 11) is 0.973. The summed E-state index contributed by atoms with van der Waals surface area (Å²) in [6.07, 6.45) is 0. The summed E-state index contributed by atoms with van der Waals surface area (Å²) in [5.41, 5.74) is 0. The largest absolute Gasteiger partial charge is 0.273 e. The van der Waals surface area contributed by atoms with Crippen LogP contribution in [0, 0.1) is 5.82 Å². The third kappa shape index (κ3) is 1.47. The minimum absolute atomic E-state index is 0.422. The molecule has 0 fully saturated rings. The fourth-order valence-electron chi connectivity index (χ4n) is 0.454. The molecule has 6 heteroatoms. The van der Waals surface area contributed by atoms with Crippen LogP contribution < -0.4 is 0 Å². The second-order valence-corrected chi connectivity index (χ2v) is 5.17. The minimum Gasteiger partial charge on any atom is -0.206 e. The van der Waals surface area contributed by atoms with Gasteiger partial charge < -0.3 is 0 Å². The molecule has 0 amide bonds. The molecule has 0 saturated carbocycles. The van der Waals surface area contributed by atoms with Crippen LogP contribution in [0.3, 0.4) is 0 Å². The van der Waals surface area contributed by atoms with Crippen molar-refractivity contribution in [3.8, 4) is 0 Å². The molecule has 1 heterocycles. The zero-order valence-corrected chi connectivity index (χ0v) is 6.93. The van der Waals surface area contributed by atoms with Crippen molar-refractivity contribution in [2.24, 2.45) is 0 Å². The van der Waals surface area contributed by atoms with Crippen molar-refractivity contribution < 1.29 is 12.8 Å². The number of rotatable bonds is 1. The van der Waals surface area contributed by atoms with E-state index < -0.39 is 19.1 Å². The topological polar surface area (TPSA) is 34.1 Å². The Balaban J connectivity index is 3.32. The zero-order chi connectivity index (χ0) is 7.78. The van der Waals surface area contributed by atoms with Crippen molar-refractivity contribution in [1.29, 1.82) is 0 Å². The van der Waals surface area contributed by atoms with Gasteiger partial charge in [-0.3, -0.25) is 0 Å². The van der Waals surface area contributed by atoms with Crippen LogP contribution in [0.5, 0.6) is 0 Å². The Morgan fingerprint density at radius 3 is 2.40 bits per heavy atom. The smallest absolute Gasteiger partial charge is 0.206 e. The molecule has 0 unspecified atom stereocenters. The molecule has 0 atom stereocenters. The highest BCUT2D eigenvalue weighted by Crippen LogP contribution is 2.23. The molecule has 0 spiro atoms. The predicted molar refractivity (Wildman–Crippen MR) is 37.3 cm³/mol. The van der Waals surface area contributed by atoms with E-state index in [1.165, 1.54) is 5.38 Å². The highest BCUT2D eigenvalue weighted by Gasteiger charge is 2.16. The molecule has 0 saturated heterocycles. The lowest BCUT2D eigenvalue weighted by Gasteiger charge is -1.86. The van der Waals surface area contributed by atoms with Gasteiger partial charge in [0.25, 0.3) is 9.05 Å². The summed E-state index contributed by atoms with van der Waals surface area (Å²) < 4.78 is 32.9. The summed E-state index contributed by atoms with van der Waals surface area (Å²) in [5.74, 6) is -0.792. The van der Waals surface area contributed by atoms with Gasteiger partial charge in [-0.1, -0.05) is 0 Å². The normalized spacial score (nSPS) is 11.8. The van der Waals surface area contributed by atoms with E-state index in [0.717, 1.165) is 17.4 Å². The van der Waals surface area contributed by atoms with Crippen LogP contribution >= 0.6 is 22.0 Å². The van der Waals surface area contributed by atoms with Crippen LogP contribution in [-0.4, -0.2) is 8.42 Å². The maximum atomic E-state index is 12.4. The van der Waals surface area contributed by atoms with E-state index in [1.54, 1.807) is 0 Å². The molecule has 0 bridgehead atoms. The van der Waals surface area contributed by atoms with Gasteiger partial charge in [0, 0.05) is 10.7 Å². The lowest BCUT2D eigenvalue weighted by atomic mass is 10.6. The van der Waals surface area contributed by atoms with Crippen LogP contribution in [0.4, 0.5) is 4.39 Å². The molecule has 0 N–H and O–H groups in total. The van der Waals surface area contributed by atoms with Crippen molar-refractivity contribution in [2.45, 2.75) is 4.21 Å². The predicted octanol–water partition coefficient (Wildman–Crippen LogP) is 1.81. The highest BCUT2D eigenvalue weighted by molar-refractivity contribution is 8.15. The average Bonchev–Trinajstić information content (AvgIpc) is 2.11. The molecule has 1 aromatic rings. The molecule has 2 nitrogen and oxygen atoms in total. The zero-order valence-electron chi connectivity index (χ0n) is 4.54. The summed E-state index contributed by atoms with van der Waals surface area (Å²) in [4.78, 5) is 0. The molecule has 0 radical (unpaired) electrons. The van der Waals surface area contributed by atoms with E-state index in [4.69, 9.17) is 10.7 Å². The molecule has 1 rings (SSSR count). The molecule has 56 valence electrons. The Bertz CT molecular complexity index is 329. The van der Waals surface area contributed by atoms with Gasteiger partial charge in [0.15, 0.2) is 10.0 Å². The summed E-state index contributed by atoms with van der Waals surface area (Å²) in [5, 5.41) is 1.32. The van der Waals surface area contributed by atoms with Crippen molar-refractivity contribution in [1.82, 2.24) is 0 Å². The van der Waals surface area contributed by atoms with Crippen LogP contribution in [0.25, 0.3) is 0 Å². The Kier molecular flexibility index (Phi) is 1.98. The Hall–Kier alpha value is -0.130. The first-order chi connectivity index (χ1) is 4.52. The van der Waals surface area contributed by atoms with Crippen molar-refractivity contribution >= 4 is 31.1 Å². The average molecular weight is 201 g/mol. The standard InChI is InChI=1S/C4H2ClFO2S2/c5-10(7,8)4-3(6)1-2-9-4/h1-2H. The van der Waals surface area contributed by atoms with Gasteiger partial charge in [-0.2, -0.15) is 0 Å². The quantitative estimate of drug-likeness (QED) is 0.648. The van der Waals surface area contributed by atoms with E-state index in [-0.39, 0.29) is 0 Å². The summed E-state index contributed by atoms with van der Waals surface area (Å²) in [6.45, 7) is 0. The SMILES string of the molecule is O=S(=O)(Cl)c1sccc1F. The van der Waals surface area contributed by atoms with Crippen LogP contribution in [-0.2, 0) is 9.05 Å². The summed E-state index contributed by atoms with van der Waals surface area (Å²) in [6, 6.07) is 1.06. The number of hydrogen-bond donors (Lipinski definition) is 0. The maximum absolute atomic E-state index is 12.4. The molecular weight excluding hydrogens is 199 g/mol. The monoisotopic (exact) mass is 200 g/mol. The van der Waals surface area contributed by atoms with Gasteiger partial charge in [0.1, 0.15) is 0 Å². The van der Waals surface area contributed by atoms with E-state index in [1.807, 2.05) is 0 Å². The van der Waals surface area contributed by atoms with Crippen molar-refractivity contribution in [2.75, 3.05) is 0 Å². The van der Waals surface area contributed by atoms with Crippen LogP contribution in [0.1, 0.15) is 0 Å².